The van der Waals surface area contributed by atoms with Crippen LogP contribution in [0.25, 0.3) is 0 Å². The molecular formula is C16H20N2O. The minimum Gasteiger partial charge on any atom is -0.497 e. The molecule has 0 saturated carbocycles. The second-order valence-corrected chi connectivity index (χ2v) is 4.82. The Kier molecular flexibility index (Phi) is 3.95. The van der Waals surface area contributed by atoms with Crippen LogP contribution in [0.5, 0.6) is 5.75 Å². The van der Waals surface area contributed by atoms with E-state index in [1.807, 2.05) is 24.3 Å². The maximum absolute atomic E-state index is 6.03. The monoisotopic (exact) mass is 256 g/mol. The lowest BCUT2D eigenvalue weighted by Crippen LogP contribution is -2.00. The quantitative estimate of drug-likeness (QED) is 0.808. The van der Waals surface area contributed by atoms with Gasteiger partial charge in [-0.25, -0.2) is 0 Å². The fourth-order valence-corrected chi connectivity index (χ4v) is 2.04. The maximum atomic E-state index is 6.03. The van der Waals surface area contributed by atoms with Crippen molar-refractivity contribution in [1.29, 1.82) is 0 Å². The molecule has 0 spiro atoms. The fourth-order valence-electron chi connectivity index (χ4n) is 2.04. The average Bonchev–Trinajstić information content (AvgIpc) is 2.41. The van der Waals surface area contributed by atoms with Crippen molar-refractivity contribution in [3.05, 3.63) is 48.0 Å². The largest absolute Gasteiger partial charge is 0.497 e. The lowest BCUT2D eigenvalue weighted by atomic mass is 10.0. The van der Waals surface area contributed by atoms with E-state index in [2.05, 4.69) is 37.4 Å². The third kappa shape index (κ3) is 2.99. The van der Waals surface area contributed by atoms with E-state index in [1.54, 1.807) is 7.11 Å². The van der Waals surface area contributed by atoms with E-state index in [0.29, 0.717) is 11.6 Å². The molecule has 100 valence electrons. The van der Waals surface area contributed by atoms with Crippen LogP contribution in [-0.4, -0.2) is 7.11 Å². The number of nitrogen functional groups attached to an aromatic ring is 1. The smallest absolute Gasteiger partial charge is 0.121 e. The molecule has 0 aliphatic carbocycles. The van der Waals surface area contributed by atoms with Crippen LogP contribution in [0.2, 0.25) is 0 Å². The molecule has 3 N–H and O–H groups in total. The summed E-state index contributed by atoms with van der Waals surface area (Å²) in [7, 11) is 1.63. The van der Waals surface area contributed by atoms with Crippen molar-refractivity contribution in [3.8, 4) is 5.75 Å². The standard InChI is InChI=1S/C16H20N2O/c1-11(2)13-6-4-5-7-15(13)18-16-9-8-12(19-3)10-14(16)17/h4-11,18H,17H2,1-3H3. The Bertz CT molecular complexity index is 564. The first-order valence-electron chi connectivity index (χ1n) is 6.41. The third-order valence-corrected chi connectivity index (χ3v) is 3.11. The summed E-state index contributed by atoms with van der Waals surface area (Å²) in [5.74, 6) is 1.23. The number of ether oxygens (including phenoxy) is 1. The van der Waals surface area contributed by atoms with Crippen LogP contribution in [0.3, 0.4) is 0 Å². The van der Waals surface area contributed by atoms with Crippen molar-refractivity contribution in [3.63, 3.8) is 0 Å². The van der Waals surface area contributed by atoms with Gasteiger partial charge in [-0.15, -0.1) is 0 Å². The van der Waals surface area contributed by atoms with Crippen molar-refractivity contribution in [2.45, 2.75) is 19.8 Å². The van der Waals surface area contributed by atoms with Gasteiger partial charge in [0, 0.05) is 11.8 Å². The van der Waals surface area contributed by atoms with Gasteiger partial charge in [-0.05, 0) is 29.7 Å². The minimum absolute atomic E-state index is 0.461. The van der Waals surface area contributed by atoms with Gasteiger partial charge in [0.05, 0.1) is 18.5 Å². The van der Waals surface area contributed by atoms with Crippen LogP contribution in [0, 0.1) is 0 Å². The van der Waals surface area contributed by atoms with Crippen LogP contribution in [0.1, 0.15) is 25.3 Å². The minimum atomic E-state index is 0.461. The first kappa shape index (κ1) is 13.3. The number of para-hydroxylation sites is 1. The molecule has 3 heteroatoms. The van der Waals surface area contributed by atoms with Gasteiger partial charge in [0.25, 0.3) is 0 Å². The predicted octanol–water partition coefficient (Wildman–Crippen LogP) is 4.14. The molecule has 0 unspecified atom stereocenters. The SMILES string of the molecule is COc1ccc(Nc2ccccc2C(C)C)c(N)c1. The van der Waals surface area contributed by atoms with Crippen LogP contribution in [0.4, 0.5) is 17.1 Å². The molecule has 0 fully saturated rings. The van der Waals surface area contributed by atoms with E-state index in [-0.39, 0.29) is 0 Å². The fraction of sp³-hybridized carbons (Fsp3) is 0.250. The highest BCUT2D eigenvalue weighted by molar-refractivity contribution is 5.75. The number of rotatable bonds is 4. The normalized spacial score (nSPS) is 10.5. The van der Waals surface area contributed by atoms with Gasteiger partial charge >= 0.3 is 0 Å². The van der Waals surface area contributed by atoms with Crippen LogP contribution in [0.15, 0.2) is 42.5 Å². The number of nitrogens with one attached hydrogen (secondary N) is 1. The number of benzene rings is 2. The summed E-state index contributed by atoms with van der Waals surface area (Å²) in [6.45, 7) is 4.36. The summed E-state index contributed by atoms with van der Waals surface area (Å²) < 4.78 is 5.15. The van der Waals surface area contributed by atoms with E-state index in [4.69, 9.17) is 10.5 Å². The highest BCUT2D eigenvalue weighted by atomic mass is 16.5. The first-order chi connectivity index (χ1) is 9.11. The van der Waals surface area contributed by atoms with Crippen molar-refractivity contribution >= 4 is 17.1 Å². The second kappa shape index (κ2) is 5.65. The number of hydrogen-bond acceptors (Lipinski definition) is 3. The Morgan fingerprint density at radius 2 is 1.79 bits per heavy atom. The molecule has 0 heterocycles. The number of nitrogens with two attached hydrogens (primary N) is 1. The molecule has 0 aliphatic rings. The highest BCUT2D eigenvalue weighted by Gasteiger charge is 2.07. The van der Waals surface area contributed by atoms with Gasteiger partial charge in [-0.2, -0.15) is 0 Å². The topological polar surface area (TPSA) is 47.3 Å². The number of methoxy groups -OCH3 is 1. The molecule has 0 radical (unpaired) electrons. The summed E-state index contributed by atoms with van der Waals surface area (Å²) in [6.07, 6.45) is 0. The molecule has 3 nitrogen and oxygen atoms in total. The summed E-state index contributed by atoms with van der Waals surface area (Å²) in [5, 5.41) is 3.39. The molecule has 0 aromatic heterocycles. The van der Waals surface area contributed by atoms with Crippen molar-refractivity contribution < 1.29 is 4.74 Å². The molecule has 2 aromatic rings. The summed E-state index contributed by atoms with van der Waals surface area (Å²) >= 11 is 0. The van der Waals surface area contributed by atoms with Gasteiger partial charge < -0.3 is 15.8 Å². The van der Waals surface area contributed by atoms with E-state index in [1.165, 1.54) is 5.56 Å². The van der Waals surface area contributed by atoms with E-state index in [9.17, 15) is 0 Å². The average molecular weight is 256 g/mol. The van der Waals surface area contributed by atoms with Crippen molar-refractivity contribution in [1.82, 2.24) is 0 Å². The Hall–Kier alpha value is -2.16. The van der Waals surface area contributed by atoms with Crippen molar-refractivity contribution in [2.24, 2.45) is 0 Å². The molecule has 2 rings (SSSR count). The van der Waals surface area contributed by atoms with Crippen LogP contribution < -0.4 is 15.8 Å². The maximum Gasteiger partial charge on any atom is 0.121 e. The third-order valence-electron chi connectivity index (χ3n) is 3.11. The molecule has 0 atom stereocenters. The highest BCUT2D eigenvalue weighted by Crippen LogP contribution is 2.31. The van der Waals surface area contributed by atoms with E-state index in [0.717, 1.165) is 17.1 Å². The summed E-state index contributed by atoms with van der Waals surface area (Å²) in [4.78, 5) is 0. The molecule has 0 saturated heterocycles. The van der Waals surface area contributed by atoms with Crippen molar-refractivity contribution in [2.75, 3.05) is 18.2 Å². The van der Waals surface area contributed by atoms with Gasteiger partial charge in [0.1, 0.15) is 5.75 Å². The predicted molar refractivity (Wildman–Crippen MR) is 81.2 cm³/mol. The molecule has 2 aromatic carbocycles. The van der Waals surface area contributed by atoms with Crippen LogP contribution >= 0.6 is 0 Å². The Morgan fingerprint density at radius 1 is 1.05 bits per heavy atom. The zero-order valence-corrected chi connectivity index (χ0v) is 11.6. The lowest BCUT2D eigenvalue weighted by Gasteiger charge is -2.16. The Labute approximate surface area is 114 Å². The van der Waals surface area contributed by atoms with E-state index >= 15 is 0 Å². The van der Waals surface area contributed by atoms with Gasteiger partial charge in [0.2, 0.25) is 0 Å². The van der Waals surface area contributed by atoms with Gasteiger partial charge in [-0.1, -0.05) is 32.0 Å². The Balaban J connectivity index is 2.31. The molecule has 0 amide bonds. The zero-order valence-electron chi connectivity index (χ0n) is 11.6. The van der Waals surface area contributed by atoms with E-state index < -0.39 is 0 Å². The van der Waals surface area contributed by atoms with Gasteiger partial charge in [-0.3, -0.25) is 0 Å². The molecular weight excluding hydrogens is 236 g/mol. The summed E-state index contributed by atoms with van der Waals surface area (Å²) in [6, 6.07) is 13.9. The summed E-state index contributed by atoms with van der Waals surface area (Å²) in [5.41, 5.74) is 9.97. The number of hydrogen-bond donors (Lipinski definition) is 2. The molecule has 0 bridgehead atoms. The lowest BCUT2D eigenvalue weighted by molar-refractivity contribution is 0.415. The number of anilines is 3. The zero-order chi connectivity index (χ0) is 13.8. The first-order valence-corrected chi connectivity index (χ1v) is 6.41. The van der Waals surface area contributed by atoms with Gasteiger partial charge in [0.15, 0.2) is 0 Å². The van der Waals surface area contributed by atoms with Crippen LogP contribution in [-0.2, 0) is 0 Å². The molecule has 0 aliphatic heterocycles. The second-order valence-electron chi connectivity index (χ2n) is 4.82. The Morgan fingerprint density at radius 3 is 2.42 bits per heavy atom. The molecule has 19 heavy (non-hydrogen) atoms.